The molecule has 23 heavy (non-hydrogen) atoms. The zero-order valence-corrected chi connectivity index (χ0v) is 13.5. The molecule has 5 heteroatoms. The largest absolute Gasteiger partial charge is 0.495 e. The number of hydrogen-bond donors (Lipinski definition) is 0. The van der Waals surface area contributed by atoms with Crippen LogP contribution in [0.4, 0.5) is 0 Å². The van der Waals surface area contributed by atoms with Crippen molar-refractivity contribution in [2.75, 3.05) is 7.11 Å². The Kier molecular flexibility index (Phi) is 4.17. The van der Waals surface area contributed by atoms with Crippen LogP contribution in [0.3, 0.4) is 0 Å². The van der Waals surface area contributed by atoms with E-state index in [0.29, 0.717) is 27.6 Å². The van der Waals surface area contributed by atoms with Gasteiger partial charge in [0.05, 0.1) is 17.7 Å². The molecule has 0 aliphatic heterocycles. The number of hydrogen-bond acceptors (Lipinski definition) is 3. The minimum atomic E-state index is -0.0689. The quantitative estimate of drug-likeness (QED) is 0.681. The van der Waals surface area contributed by atoms with Gasteiger partial charge in [0.25, 0.3) is 0 Å². The highest BCUT2D eigenvalue weighted by molar-refractivity contribution is 6.32. The third kappa shape index (κ3) is 2.98. The van der Waals surface area contributed by atoms with Gasteiger partial charge in [0.1, 0.15) is 11.4 Å². The van der Waals surface area contributed by atoms with Gasteiger partial charge in [-0.1, -0.05) is 41.9 Å². The van der Waals surface area contributed by atoms with E-state index in [4.69, 9.17) is 16.3 Å². The molecule has 1 heterocycles. The van der Waals surface area contributed by atoms with Crippen LogP contribution in [0.5, 0.6) is 5.75 Å². The molecule has 0 aliphatic rings. The van der Waals surface area contributed by atoms with E-state index in [1.807, 2.05) is 24.3 Å². The van der Waals surface area contributed by atoms with Crippen molar-refractivity contribution >= 4 is 17.4 Å². The topological polar surface area (TPSA) is 44.1 Å². The van der Waals surface area contributed by atoms with E-state index in [1.54, 1.807) is 49.3 Å². The molecule has 0 saturated heterocycles. The molecular formula is C18H15ClN2O2. The van der Waals surface area contributed by atoms with Crippen molar-refractivity contribution in [3.05, 3.63) is 70.9 Å². The van der Waals surface area contributed by atoms with Crippen molar-refractivity contribution in [2.45, 2.75) is 0 Å². The van der Waals surface area contributed by atoms with Crippen LogP contribution in [-0.4, -0.2) is 22.7 Å². The highest BCUT2D eigenvalue weighted by Gasteiger charge is 2.19. The first-order valence-corrected chi connectivity index (χ1v) is 7.45. The fraction of sp³-hybridized carbons (Fsp3) is 0.111. The number of halogens is 1. The molecule has 0 radical (unpaired) electrons. The summed E-state index contributed by atoms with van der Waals surface area (Å²) in [6.07, 6.45) is 1.73. The van der Waals surface area contributed by atoms with E-state index in [9.17, 15) is 4.79 Å². The molecule has 0 atom stereocenters. The summed E-state index contributed by atoms with van der Waals surface area (Å²) in [5, 5.41) is 4.90. The van der Waals surface area contributed by atoms with Gasteiger partial charge in [-0.15, -0.1) is 0 Å². The number of aryl methyl sites for hydroxylation is 1. The van der Waals surface area contributed by atoms with Crippen molar-refractivity contribution in [3.63, 3.8) is 0 Å². The van der Waals surface area contributed by atoms with Gasteiger partial charge >= 0.3 is 0 Å². The molecule has 1 aromatic heterocycles. The second-order valence-electron chi connectivity index (χ2n) is 5.11. The molecule has 3 rings (SSSR count). The smallest absolute Gasteiger partial charge is 0.196 e. The van der Waals surface area contributed by atoms with E-state index in [1.165, 1.54) is 0 Å². The van der Waals surface area contributed by atoms with Crippen LogP contribution >= 0.6 is 11.6 Å². The lowest BCUT2D eigenvalue weighted by molar-refractivity contribution is 0.103. The average molecular weight is 327 g/mol. The molecular weight excluding hydrogens is 312 g/mol. The lowest BCUT2D eigenvalue weighted by Gasteiger charge is -2.06. The van der Waals surface area contributed by atoms with Crippen LogP contribution in [0.15, 0.2) is 54.7 Å². The fourth-order valence-corrected chi connectivity index (χ4v) is 2.68. The molecule has 0 saturated carbocycles. The normalized spacial score (nSPS) is 10.6. The number of aromatic nitrogens is 2. The fourth-order valence-electron chi connectivity index (χ4n) is 2.43. The highest BCUT2D eigenvalue weighted by atomic mass is 35.5. The van der Waals surface area contributed by atoms with Crippen LogP contribution in [0.2, 0.25) is 5.02 Å². The zero-order chi connectivity index (χ0) is 16.4. The second-order valence-corrected chi connectivity index (χ2v) is 5.52. The number of carbonyl (C=O) groups is 1. The van der Waals surface area contributed by atoms with Gasteiger partial charge < -0.3 is 4.74 Å². The molecule has 0 fully saturated rings. The van der Waals surface area contributed by atoms with Gasteiger partial charge in [-0.25, -0.2) is 0 Å². The Labute approximate surface area is 139 Å². The second kappa shape index (κ2) is 6.26. The van der Waals surface area contributed by atoms with Crippen molar-refractivity contribution in [3.8, 4) is 17.0 Å². The van der Waals surface area contributed by atoms with Crippen molar-refractivity contribution in [2.24, 2.45) is 7.05 Å². The maximum Gasteiger partial charge on any atom is 0.196 e. The minimum absolute atomic E-state index is 0.0689. The summed E-state index contributed by atoms with van der Waals surface area (Å²) in [7, 11) is 3.35. The molecule has 4 nitrogen and oxygen atoms in total. The van der Waals surface area contributed by atoms with Crippen LogP contribution in [0.25, 0.3) is 11.3 Å². The molecule has 116 valence electrons. The van der Waals surface area contributed by atoms with Crippen molar-refractivity contribution < 1.29 is 9.53 Å². The van der Waals surface area contributed by atoms with Crippen LogP contribution in [0, 0.1) is 0 Å². The Morgan fingerprint density at radius 1 is 1.17 bits per heavy atom. The van der Waals surface area contributed by atoms with E-state index < -0.39 is 0 Å². The number of ketones is 1. The number of ether oxygens (including phenoxy) is 1. The predicted octanol–water partition coefficient (Wildman–Crippen LogP) is 3.98. The summed E-state index contributed by atoms with van der Waals surface area (Å²) in [6, 6.07) is 14.5. The molecule has 0 unspecified atom stereocenters. The molecule has 0 aliphatic carbocycles. The Morgan fingerprint density at radius 2 is 1.91 bits per heavy atom. The van der Waals surface area contributed by atoms with E-state index in [-0.39, 0.29) is 5.78 Å². The van der Waals surface area contributed by atoms with Gasteiger partial charge in [-0.05, 0) is 18.2 Å². The van der Waals surface area contributed by atoms with E-state index >= 15 is 0 Å². The SMILES string of the molecule is COc1ccc(-c2nn(C)cc2C(=O)c2ccccc2)cc1Cl. The average Bonchev–Trinajstić information content (AvgIpc) is 2.96. The summed E-state index contributed by atoms with van der Waals surface area (Å²) >= 11 is 6.19. The lowest BCUT2D eigenvalue weighted by Crippen LogP contribution is -2.01. The summed E-state index contributed by atoms with van der Waals surface area (Å²) in [6.45, 7) is 0. The van der Waals surface area contributed by atoms with E-state index in [2.05, 4.69) is 5.10 Å². The standard InChI is InChI=1S/C18H15ClN2O2/c1-21-11-14(18(22)12-6-4-3-5-7-12)17(20-21)13-8-9-16(23-2)15(19)10-13/h3-11H,1-2H3. The van der Waals surface area contributed by atoms with Crippen molar-refractivity contribution in [1.29, 1.82) is 0 Å². The predicted molar refractivity (Wildman–Crippen MR) is 90.1 cm³/mol. The van der Waals surface area contributed by atoms with Gasteiger partial charge in [0.2, 0.25) is 0 Å². The molecule has 0 amide bonds. The van der Waals surface area contributed by atoms with Gasteiger partial charge in [-0.3, -0.25) is 9.48 Å². The minimum Gasteiger partial charge on any atom is -0.495 e. The Hall–Kier alpha value is -2.59. The van der Waals surface area contributed by atoms with Crippen LogP contribution in [0.1, 0.15) is 15.9 Å². The number of nitrogens with zero attached hydrogens (tertiary/aromatic N) is 2. The van der Waals surface area contributed by atoms with Crippen LogP contribution in [-0.2, 0) is 7.05 Å². The Bertz CT molecular complexity index is 857. The lowest BCUT2D eigenvalue weighted by atomic mass is 10.0. The van der Waals surface area contributed by atoms with E-state index in [0.717, 1.165) is 5.56 Å². The first-order valence-electron chi connectivity index (χ1n) is 7.07. The van der Waals surface area contributed by atoms with Crippen molar-refractivity contribution in [1.82, 2.24) is 9.78 Å². The zero-order valence-electron chi connectivity index (χ0n) is 12.8. The maximum absolute atomic E-state index is 12.8. The summed E-state index contributed by atoms with van der Waals surface area (Å²) in [5.74, 6) is 0.517. The third-order valence-corrected chi connectivity index (χ3v) is 3.83. The monoisotopic (exact) mass is 326 g/mol. The maximum atomic E-state index is 12.8. The van der Waals surface area contributed by atoms with Gasteiger partial charge in [0.15, 0.2) is 5.78 Å². The molecule has 2 aromatic carbocycles. The third-order valence-electron chi connectivity index (χ3n) is 3.53. The Balaban J connectivity index is 2.08. The van der Waals surface area contributed by atoms with Crippen LogP contribution < -0.4 is 4.74 Å². The van der Waals surface area contributed by atoms with Gasteiger partial charge in [0, 0.05) is 24.4 Å². The van der Waals surface area contributed by atoms with Gasteiger partial charge in [-0.2, -0.15) is 5.10 Å². The molecule has 0 N–H and O–H groups in total. The first-order chi connectivity index (χ1) is 11.1. The number of benzene rings is 2. The highest BCUT2D eigenvalue weighted by Crippen LogP contribution is 2.31. The summed E-state index contributed by atoms with van der Waals surface area (Å²) in [4.78, 5) is 12.8. The Morgan fingerprint density at radius 3 is 2.57 bits per heavy atom. The first kappa shape index (κ1) is 15.3. The molecule has 0 spiro atoms. The summed E-state index contributed by atoms with van der Waals surface area (Å²) in [5.41, 5.74) is 2.54. The number of carbonyl (C=O) groups excluding carboxylic acids is 1. The molecule has 0 bridgehead atoms. The number of rotatable bonds is 4. The molecule has 3 aromatic rings. The number of methoxy groups -OCH3 is 1. The summed E-state index contributed by atoms with van der Waals surface area (Å²) < 4.78 is 6.79.